The molecule has 0 saturated heterocycles. The van der Waals surface area contributed by atoms with E-state index in [-0.39, 0.29) is 53.6 Å². The van der Waals surface area contributed by atoms with Gasteiger partial charge in [-0.25, -0.2) is 0 Å². The van der Waals surface area contributed by atoms with Gasteiger partial charge in [0.25, 0.3) is 0 Å². The predicted molar refractivity (Wildman–Crippen MR) is 173 cm³/mol. The maximum Gasteiger partial charge on any atom is 0.437 e. The van der Waals surface area contributed by atoms with Crippen LogP contribution in [-0.4, -0.2) is 53.8 Å². The quantitative estimate of drug-likeness (QED) is 0.0708. The van der Waals surface area contributed by atoms with Crippen LogP contribution in [-0.2, 0) is 33.5 Å². The third kappa shape index (κ3) is 11.1. The number of aryl methyl sites for hydroxylation is 2. The van der Waals surface area contributed by atoms with E-state index >= 15 is 0 Å². The lowest BCUT2D eigenvalue weighted by Gasteiger charge is -2.18. The van der Waals surface area contributed by atoms with E-state index in [1.54, 1.807) is 13.8 Å². The Kier molecular flexibility index (Phi) is 12.2. The van der Waals surface area contributed by atoms with Crippen LogP contribution < -0.4 is 4.74 Å². The van der Waals surface area contributed by atoms with Crippen LogP contribution in [0.3, 0.4) is 0 Å². The molecular weight excluding hydrogens is 730 g/mol. The fraction of sp³-hybridized carbons (Fsp3) is 0.273. The third-order valence-corrected chi connectivity index (χ3v) is 9.24. The standard InChI is InChI=1S/C33H30F6N2O8S2/c1-22-4-16-28(17-5-22)50(42,43)48-40-30(32(34,35)36)24-8-12-26(13-9-24)46-20-3-21-47-27-14-10-25(11-15-27)31(33(37,38)39)41-49-51(44,45)29-18-6-23(2)7-19-29/h4-10,12-14,16-19H,3,11,15,20-21H2,1-2H3/b40-30-,41-31-. The normalized spacial score (nSPS) is 14.7. The second-order valence-corrected chi connectivity index (χ2v) is 14.0. The van der Waals surface area contributed by atoms with Crippen LogP contribution in [0.2, 0.25) is 0 Å². The minimum absolute atomic E-state index is 0.0487. The van der Waals surface area contributed by atoms with Crippen LogP contribution in [0.1, 0.15) is 36.0 Å². The summed E-state index contributed by atoms with van der Waals surface area (Å²) < 4.78 is 151. The number of rotatable bonds is 14. The van der Waals surface area contributed by atoms with Gasteiger partial charge in [-0.1, -0.05) is 51.8 Å². The van der Waals surface area contributed by atoms with Crippen molar-refractivity contribution in [3.63, 3.8) is 0 Å². The maximum absolute atomic E-state index is 13.7. The Morgan fingerprint density at radius 3 is 1.55 bits per heavy atom. The van der Waals surface area contributed by atoms with Gasteiger partial charge in [0.15, 0.2) is 11.4 Å². The van der Waals surface area contributed by atoms with Crippen molar-refractivity contribution in [2.75, 3.05) is 13.2 Å². The van der Waals surface area contributed by atoms with Gasteiger partial charge >= 0.3 is 32.6 Å². The Bertz CT molecular complexity index is 2020. The molecule has 3 aromatic rings. The molecular formula is C33H30F6N2O8S2. The number of hydrogen-bond donors (Lipinski definition) is 0. The number of allylic oxidation sites excluding steroid dienone is 4. The van der Waals surface area contributed by atoms with E-state index in [1.165, 1.54) is 66.7 Å². The van der Waals surface area contributed by atoms with E-state index in [0.717, 1.165) is 29.3 Å². The topological polar surface area (TPSA) is 130 Å². The molecule has 274 valence electrons. The van der Waals surface area contributed by atoms with E-state index in [0.29, 0.717) is 5.76 Å². The zero-order valence-corrected chi connectivity index (χ0v) is 28.5. The summed E-state index contributed by atoms with van der Waals surface area (Å²) in [6.07, 6.45) is -7.50. The number of halogens is 6. The highest BCUT2D eigenvalue weighted by Crippen LogP contribution is 2.30. The van der Waals surface area contributed by atoms with E-state index in [2.05, 4.69) is 18.9 Å². The number of hydrogen-bond acceptors (Lipinski definition) is 10. The minimum Gasteiger partial charge on any atom is -0.498 e. The summed E-state index contributed by atoms with van der Waals surface area (Å²) in [5.41, 5.74) is -2.40. The molecule has 0 amide bonds. The van der Waals surface area contributed by atoms with Gasteiger partial charge in [-0.05, 0) is 80.4 Å². The van der Waals surface area contributed by atoms with Crippen LogP contribution in [0.25, 0.3) is 0 Å². The lowest BCUT2D eigenvalue weighted by molar-refractivity contribution is -0.0608. The molecule has 1 aliphatic rings. The second-order valence-electron chi connectivity index (χ2n) is 11.0. The van der Waals surface area contributed by atoms with Crippen molar-refractivity contribution in [2.24, 2.45) is 10.3 Å². The van der Waals surface area contributed by atoms with Crippen LogP contribution in [0.4, 0.5) is 26.3 Å². The number of benzene rings is 3. The number of oxime groups is 2. The summed E-state index contributed by atoms with van der Waals surface area (Å²) in [4.78, 5) is -0.723. The maximum atomic E-state index is 13.7. The highest BCUT2D eigenvalue weighted by atomic mass is 32.2. The van der Waals surface area contributed by atoms with Crippen molar-refractivity contribution in [3.05, 3.63) is 113 Å². The fourth-order valence-corrected chi connectivity index (χ4v) is 5.78. The van der Waals surface area contributed by atoms with Gasteiger partial charge in [0.1, 0.15) is 15.5 Å². The molecule has 0 saturated carbocycles. The lowest BCUT2D eigenvalue weighted by Crippen LogP contribution is -2.26. The molecule has 0 bridgehead atoms. The van der Waals surface area contributed by atoms with Crippen molar-refractivity contribution in [3.8, 4) is 5.75 Å². The van der Waals surface area contributed by atoms with Gasteiger partial charge in [0.2, 0.25) is 0 Å². The van der Waals surface area contributed by atoms with Crippen molar-refractivity contribution >= 4 is 31.7 Å². The average molecular weight is 761 g/mol. The molecule has 4 rings (SSSR count). The van der Waals surface area contributed by atoms with Crippen molar-refractivity contribution in [2.45, 2.75) is 55.3 Å². The molecule has 0 aromatic heterocycles. The SMILES string of the molecule is Cc1ccc(S(=O)(=O)O/N=C(/C2=CC=C(OCCCOc3ccc(/C(=N/OS(=O)(=O)c4ccc(C)cc4)C(F)(F)F)cc3)CC2)C(F)(F)F)cc1. The molecule has 1 aliphatic carbocycles. The molecule has 51 heavy (non-hydrogen) atoms. The summed E-state index contributed by atoms with van der Waals surface area (Å²) in [6, 6.07) is 15.0. The summed E-state index contributed by atoms with van der Waals surface area (Å²) in [5, 5.41) is 5.84. The Labute approximate surface area is 289 Å². The lowest BCUT2D eigenvalue weighted by atomic mass is 9.99. The van der Waals surface area contributed by atoms with E-state index in [9.17, 15) is 43.2 Å². The molecule has 10 nitrogen and oxygen atoms in total. The van der Waals surface area contributed by atoms with E-state index in [1.807, 2.05) is 0 Å². The van der Waals surface area contributed by atoms with Gasteiger partial charge in [-0.3, -0.25) is 8.57 Å². The summed E-state index contributed by atoms with van der Waals surface area (Å²) in [5.74, 6) is 0.534. The molecule has 0 N–H and O–H groups in total. The van der Waals surface area contributed by atoms with Crippen LogP contribution >= 0.6 is 0 Å². The highest BCUT2D eigenvalue weighted by molar-refractivity contribution is 7.87. The van der Waals surface area contributed by atoms with Gasteiger partial charge in [0, 0.05) is 18.4 Å². The zero-order valence-electron chi connectivity index (χ0n) is 26.9. The predicted octanol–water partition coefficient (Wildman–Crippen LogP) is 7.69. The molecule has 0 aliphatic heterocycles. The molecule has 3 aromatic carbocycles. The first-order valence-corrected chi connectivity index (χ1v) is 17.7. The van der Waals surface area contributed by atoms with Crippen LogP contribution in [0, 0.1) is 13.8 Å². The number of nitrogens with zero attached hydrogens (tertiary/aromatic N) is 2. The van der Waals surface area contributed by atoms with Crippen LogP contribution in [0.5, 0.6) is 5.75 Å². The molecule has 0 unspecified atom stereocenters. The zero-order chi connectivity index (χ0) is 37.5. The Hall–Kier alpha value is -4.84. The number of alkyl halides is 6. The monoisotopic (exact) mass is 760 g/mol. The highest BCUT2D eigenvalue weighted by Gasteiger charge is 2.40. The van der Waals surface area contributed by atoms with Gasteiger partial charge in [-0.2, -0.15) is 43.2 Å². The van der Waals surface area contributed by atoms with E-state index < -0.39 is 49.6 Å². The summed E-state index contributed by atoms with van der Waals surface area (Å²) in [6.45, 7) is 3.55. The minimum atomic E-state index is -5.05. The molecule has 18 heteroatoms. The van der Waals surface area contributed by atoms with Crippen LogP contribution in [0.15, 0.2) is 116 Å². The van der Waals surface area contributed by atoms with E-state index in [4.69, 9.17) is 9.47 Å². The third-order valence-electron chi connectivity index (χ3n) is 7.00. The second kappa shape index (κ2) is 16.0. The Morgan fingerprint density at radius 1 is 0.627 bits per heavy atom. The van der Waals surface area contributed by atoms with Crippen molar-refractivity contribution < 1.29 is 61.2 Å². The van der Waals surface area contributed by atoms with Gasteiger partial charge < -0.3 is 9.47 Å². The largest absolute Gasteiger partial charge is 0.498 e. The van der Waals surface area contributed by atoms with Gasteiger partial charge in [0.05, 0.1) is 19.0 Å². The first-order valence-electron chi connectivity index (χ1n) is 14.9. The molecule has 0 atom stereocenters. The average Bonchev–Trinajstić information content (AvgIpc) is 3.05. The first-order chi connectivity index (χ1) is 23.8. The van der Waals surface area contributed by atoms with Crippen molar-refractivity contribution in [1.29, 1.82) is 0 Å². The molecule has 0 heterocycles. The summed E-state index contributed by atoms with van der Waals surface area (Å²) >= 11 is 0. The van der Waals surface area contributed by atoms with Crippen molar-refractivity contribution in [1.82, 2.24) is 0 Å². The summed E-state index contributed by atoms with van der Waals surface area (Å²) in [7, 11) is -9.20. The Balaban J connectivity index is 1.30. The Morgan fingerprint density at radius 2 is 1.10 bits per heavy atom. The fourth-order valence-electron chi connectivity index (χ4n) is 4.33. The molecule has 0 spiro atoms. The molecule has 0 radical (unpaired) electrons. The molecule has 0 fully saturated rings. The number of ether oxygens (including phenoxy) is 2. The smallest absolute Gasteiger partial charge is 0.437 e. The van der Waals surface area contributed by atoms with Gasteiger partial charge in [-0.15, -0.1) is 0 Å². The first kappa shape index (κ1) is 39.0.